The van der Waals surface area contributed by atoms with E-state index in [2.05, 4.69) is 0 Å². The fraction of sp³-hybridized carbons (Fsp3) is 0.688. The maximum atomic E-state index is 12.5. The van der Waals surface area contributed by atoms with Crippen molar-refractivity contribution in [1.82, 2.24) is 9.47 Å². The highest BCUT2D eigenvalue weighted by molar-refractivity contribution is 5.92. The van der Waals surface area contributed by atoms with E-state index in [1.165, 1.54) is 0 Å². The molecule has 0 bridgehead atoms. The fourth-order valence-corrected chi connectivity index (χ4v) is 3.79. The van der Waals surface area contributed by atoms with Gasteiger partial charge in [0, 0.05) is 44.8 Å². The molecule has 116 valence electrons. The molecule has 1 aromatic heterocycles. The Morgan fingerprint density at radius 1 is 1.48 bits per heavy atom. The van der Waals surface area contributed by atoms with Gasteiger partial charge in [-0.1, -0.05) is 0 Å². The first-order valence-corrected chi connectivity index (χ1v) is 7.79. The van der Waals surface area contributed by atoms with Gasteiger partial charge in [-0.25, -0.2) is 0 Å². The van der Waals surface area contributed by atoms with Crippen molar-refractivity contribution in [3.8, 4) is 0 Å². The summed E-state index contributed by atoms with van der Waals surface area (Å²) in [5.41, 5.74) is 0.600. The Morgan fingerprint density at radius 2 is 2.19 bits per heavy atom. The predicted octanol–water partition coefficient (Wildman–Crippen LogP) is 1.42. The van der Waals surface area contributed by atoms with Gasteiger partial charge in [0.1, 0.15) is 5.69 Å². The molecular formula is C16H24N2O3. The molecule has 2 fully saturated rings. The first-order chi connectivity index (χ1) is 10.1. The lowest BCUT2D eigenvalue weighted by Crippen LogP contribution is -2.62. The monoisotopic (exact) mass is 292 g/mol. The van der Waals surface area contributed by atoms with Crippen molar-refractivity contribution in [1.29, 1.82) is 0 Å². The van der Waals surface area contributed by atoms with E-state index in [-0.39, 0.29) is 23.5 Å². The van der Waals surface area contributed by atoms with Gasteiger partial charge in [0.05, 0.1) is 12.2 Å². The predicted molar refractivity (Wildman–Crippen MR) is 79.0 cm³/mol. The smallest absolute Gasteiger partial charge is 0.270 e. The third kappa shape index (κ3) is 2.28. The summed E-state index contributed by atoms with van der Waals surface area (Å²) in [6.45, 7) is 4.08. The van der Waals surface area contributed by atoms with Crippen molar-refractivity contribution in [2.45, 2.75) is 38.4 Å². The van der Waals surface area contributed by atoms with Gasteiger partial charge in [-0.2, -0.15) is 0 Å². The maximum absolute atomic E-state index is 12.5. The van der Waals surface area contributed by atoms with Crippen LogP contribution >= 0.6 is 0 Å². The van der Waals surface area contributed by atoms with Crippen LogP contribution in [-0.2, 0) is 11.8 Å². The van der Waals surface area contributed by atoms with Crippen molar-refractivity contribution >= 4 is 5.91 Å². The van der Waals surface area contributed by atoms with Crippen LogP contribution in [-0.4, -0.2) is 52.4 Å². The van der Waals surface area contributed by atoms with Crippen LogP contribution < -0.4 is 0 Å². The zero-order valence-corrected chi connectivity index (χ0v) is 12.8. The second kappa shape index (κ2) is 5.46. The number of aliphatic hydroxyl groups is 1. The fourth-order valence-electron chi connectivity index (χ4n) is 3.79. The molecule has 2 unspecified atom stereocenters. The van der Waals surface area contributed by atoms with Gasteiger partial charge in [-0.05, 0) is 31.9 Å². The first-order valence-electron chi connectivity index (χ1n) is 7.79. The number of hydrogen-bond donors (Lipinski definition) is 1. The summed E-state index contributed by atoms with van der Waals surface area (Å²) in [5.74, 6) is 0.0825. The molecule has 2 aliphatic rings. The average molecular weight is 292 g/mol. The molecule has 1 saturated carbocycles. The summed E-state index contributed by atoms with van der Waals surface area (Å²) in [4.78, 5) is 14.4. The molecule has 2 heterocycles. The van der Waals surface area contributed by atoms with Gasteiger partial charge in [-0.3, -0.25) is 4.79 Å². The summed E-state index contributed by atoms with van der Waals surface area (Å²) < 4.78 is 7.62. The van der Waals surface area contributed by atoms with Gasteiger partial charge in [-0.15, -0.1) is 0 Å². The van der Waals surface area contributed by atoms with Gasteiger partial charge in [0.25, 0.3) is 5.91 Å². The number of rotatable bonds is 3. The van der Waals surface area contributed by atoms with Crippen LogP contribution in [0.2, 0.25) is 0 Å². The molecule has 1 aliphatic carbocycles. The van der Waals surface area contributed by atoms with Crippen molar-refractivity contribution in [3.63, 3.8) is 0 Å². The van der Waals surface area contributed by atoms with Crippen LogP contribution in [0.25, 0.3) is 0 Å². The second-order valence-electron chi connectivity index (χ2n) is 6.23. The SMILES string of the molecule is CCOC1CC(O)C12CCN(C(=O)c1cccn1C)CC2. The van der Waals surface area contributed by atoms with Gasteiger partial charge in [0.15, 0.2) is 0 Å². The topological polar surface area (TPSA) is 54.7 Å². The van der Waals surface area contributed by atoms with Gasteiger partial charge in [0.2, 0.25) is 0 Å². The maximum Gasteiger partial charge on any atom is 0.270 e. The molecule has 1 amide bonds. The molecular weight excluding hydrogens is 268 g/mol. The van der Waals surface area contributed by atoms with Crippen LogP contribution in [0.4, 0.5) is 0 Å². The Hall–Kier alpha value is -1.33. The van der Waals surface area contributed by atoms with E-state index in [9.17, 15) is 9.90 Å². The molecule has 0 aromatic carbocycles. The van der Waals surface area contributed by atoms with Crippen molar-refractivity contribution in [2.75, 3.05) is 19.7 Å². The number of aliphatic hydroxyl groups excluding tert-OH is 1. The molecule has 21 heavy (non-hydrogen) atoms. The lowest BCUT2D eigenvalue weighted by Gasteiger charge is -2.56. The van der Waals surface area contributed by atoms with E-state index in [1.807, 2.05) is 41.8 Å². The third-order valence-electron chi connectivity index (χ3n) is 5.25. The summed E-state index contributed by atoms with van der Waals surface area (Å²) in [6.07, 6.45) is 4.16. The minimum atomic E-state index is -0.277. The van der Waals surface area contributed by atoms with Crippen LogP contribution in [0.3, 0.4) is 0 Å². The Bertz CT molecular complexity index is 515. The largest absolute Gasteiger partial charge is 0.392 e. The molecule has 1 aromatic rings. The van der Waals surface area contributed by atoms with Crippen molar-refractivity contribution in [2.24, 2.45) is 12.5 Å². The van der Waals surface area contributed by atoms with E-state index in [1.54, 1.807) is 0 Å². The number of aryl methyl sites for hydroxylation is 1. The molecule has 5 heteroatoms. The van der Waals surface area contributed by atoms with E-state index in [4.69, 9.17) is 4.74 Å². The van der Waals surface area contributed by atoms with Crippen LogP contribution in [0.15, 0.2) is 18.3 Å². The summed E-state index contributed by atoms with van der Waals surface area (Å²) in [7, 11) is 1.89. The molecule has 1 N–H and O–H groups in total. The number of piperidine rings is 1. The third-order valence-corrected chi connectivity index (χ3v) is 5.25. The van der Waals surface area contributed by atoms with Crippen molar-refractivity contribution in [3.05, 3.63) is 24.0 Å². The van der Waals surface area contributed by atoms with Gasteiger partial charge < -0.3 is 19.3 Å². The molecule has 5 nitrogen and oxygen atoms in total. The highest BCUT2D eigenvalue weighted by Gasteiger charge is 2.56. The normalized spacial score (nSPS) is 27.7. The Kier molecular flexibility index (Phi) is 3.80. The molecule has 2 atom stereocenters. The number of amides is 1. The number of carbonyl (C=O) groups excluding carboxylic acids is 1. The molecule has 1 saturated heterocycles. The Balaban J connectivity index is 1.65. The standard InChI is InChI=1S/C16H24N2O3/c1-3-21-14-11-13(19)16(14)6-9-18(10-7-16)15(20)12-5-4-8-17(12)2/h4-5,8,13-14,19H,3,6-7,9-11H2,1-2H3. The lowest BCUT2D eigenvalue weighted by atomic mass is 9.58. The summed E-state index contributed by atoms with van der Waals surface area (Å²) in [6, 6.07) is 3.74. The number of ether oxygens (including phenoxy) is 1. The Morgan fingerprint density at radius 3 is 2.71 bits per heavy atom. The number of hydrogen-bond acceptors (Lipinski definition) is 3. The van der Waals surface area contributed by atoms with Gasteiger partial charge >= 0.3 is 0 Å². The van der Waals surface area contributed by atoms with E-state index < -0.39 is 0 Å². The highest BCUT2D eigenvalue weighted by Crippen LogP contribution is 2.51. The van der Waals surface area contributed by atoms with E-state index >= 15 is 0 Å². The van der Waals surface area contributed by atoms with E-state index in [0.29, 0.717) is 19.7 Å². The Labute approximate surface area is 125 Å². The second-order valence-corrected chi connectivity index (χ2v) is 6.23. The summed E-state index contributed by atoms with van der Waals surface area (Å²) in [5, 5.41) is 10.2. The molecule has 3 rings (SSSR count). The minimum absolute atomic E-state index is 0.0825. The van der Waals surface area contributed by atoms with Crippen LogP contribution in [0.5, 0.6) is 0 Å². The van der Waals surface area contributed by atoms with Crippen LogP contribution in [0, 0.1) is 5.41 Å². The van der Waals surface area contributed by atoms with E-state index in [0.717, 1.165) is 25.0 Å². The number of aromatic nitrogens is 1. The highest BCUT2D eigenvalue weighted by atomic mass is 16.5. The first kappa shape index (κ1) is 14.6. The molecule has 0 radical (unpaired) electrons. The lowest BCUT2D eigenvalue weighted by molar-refractivity contribution is -0.207. The number of likely N-dealkylation sites (tertiary alicyclic amines) is 1. The zero-order chi connectivity index (χ0) is 15.0. The zero-order valence-electron chi connectivity index (χ0n) is 12.8. The number of nitrogens with zero attached hydrogens (tertiary/aromatic N) is 2. The van der Waals surface area contributed by atoms with Crippen molar-refractivity contribution < 1.29 is 14.6 Å². The molecule has 1 aliphatic heterocycles. The quantitative estimate of drug-likeness (QED) is 0.916. The van der Waals surface area contributed by atoms with Crippen LogP contribution in [0.1, 0.15) is 36.7 Å². The summed E-state index contributed by atoms with van der Waals surface area (Å²) >= 11 is 0. The number of carbonyl (C=O) groups is 1. The average Bonchev–Trinajstić information content (AvgIpc) is 2.92. The molecule has 1 spiro atoms. The minimum Gasteiger partial charge on any atom is -0.392 e.